The Morgan fingerprint density at radius 1 is 1.36 bits per heavy atom. The van der Waals surface area contributed by atoms with Gasteiger partial charge in [0.15, 0.2) is 12.4 Å². The van der Waals surface area contributed by atoms with Gasteiger partial charge in [-0.25, -0.2) is 4.79 Å². The molecule has 2 N–H and O–H groups in total. The molecule has 0 spiro atoms. The SMILES string of the molecule is COC(=O)C1=C(N)OC2=C(C(=O)CC(C)(C)C2)[C@H]1c1ccccc1OCC#N. The first-order chi connectivity index (χ1) is 13.3. The lowest BCUT2D eigenvalue weighted by Gasteiger charge is -2.38. The molecule has 0 aromatic heterocycles. The van der Waals surface area contributed by atoms with Crippen LogP contribution in [0.1, 0.15) is 38.2 Å². The highest BCUT2D eigenvalue weighted by Gasteiger charge is 2.45. The number of hydrogen-bond acceptors (Lipinski definition) is 7. The fraction of sp³-hybridized carbons (Fsp3) is 0.381. The average molecular weight is 382 g/mol. The highest BCUT2D eigenvalue weighted by atomic mass is 16.5. The number of hydrogen-bond donors (Lipinski definition) is 1. The van der Waals surface area contributed by atoms with E-state index in [-0.39, 0.29) is 29.3 Å². The largest absolute Gasteiger partial charge is 0.478 e. The quantitative estimate of drug-likeness (QED) is 0.797. The summed E-state index contributed by atoms with van der Waals surface area (Å²) in [6, 6.07) is 8.88. The van der Waals surface area contributed by atoms with E-state index in [2.05, 4.69) is 0 Å². The van der Waals surface area contributed by atoms with Crippen molar-refractivity contribution in [1.29, 1.82) is 5.26 Å². The van der Waals surface area contributed by atoms with Crippen LogP contribution in [-0.4, -0.2) is 25.5 Å². The summed E-state index contributed by atoms with van der Waals surface area (Å²) in [7, 11) is 1.24. The standard InChI is InChI=1S/C21H22N2O5/c1-21(2)10-13(24)17-15(11-21)28-19(23)18(20(25)26-3)16(17)12-6-4-5-7-14(12)27-9-8-22/h4-7,16H,9-11,23H2,1-3H3/t16-/m1/s1. The third-order valence-electron chi connectivity index (χ3n) is 4.88. The summed E-state index contributed by atoms with van der Waals surface area (Å²) in [5.41, 5.74) is 6.82. The van der Waals surface area contributed by atoms with Gasteiger partial charge in [0.25, 0.3) is 0 Å². The van der Waals surface area contributed by atoms with Gasteiger partial charge in [-0.2, -0.15) is 5.26 Å². The van der Waals surface area contributed by atoms with Gasteiger partial charge in [0.05, 0.1) is 13.0 Å². The molecule has 2 aliphatic rings. The van der Waals surface area contributed by atoms with E-state index in [9.17, 15) is 9.59 Å². The van der Waals surface area contributed by atoms with Crippen LogP contribution in [-0.2, 0) is 19.1 Å². The Morgan fingerprint density at radius 2 is 2.07 bits per heavy atom. The molecule has 0 bridgehead atoms. The van der Waals surface area contributed by atoms with Crippen molar-refractivity contribution < 1.29 is 23.8 Å². The summed E-state index contributed by atoms with van der Waals surface area (Å²) >= 11 is 0. The van der Waals surface area contributed by atoms with E-state index in [1.54, 1.807) is 24.3 Å². The molecule has 28 heavy (non-hydrogen) atoms. The Hall–Kier alpha value is -3.27. The zero-order valence-electron chi connectivity index (χ0n) is 16.1. The fourth-order valence-electron chi connectivity index (χ4n) is 3.76. The third kappa shape index (κ3) is 3.46. The van der Waals surface area contributed by atoms with Crippen LogP contribution in [0.25, 0.3) is 0 Å². The topological polar surface area (TPSA) is 112 Å². The minimum absolute atomic E-state index is 0.0577. The minimum atomic E-state index is -0.783. The number of rotatable bonds is 4. The molecule has 0 amide bonds. The number of ether oxygens (including phenoxy) is 3. The number of ketones is 1. The zero-order chi connectivity index (χ0) is 20.5. The van der Waals surface area contributed by atoms with Crippen LogP contribution in [0.5, 0.6) is 5.75 Å². The second-order valence-corrected chi connectivity index (χ2v) is 7.57. The number of Topliss-reactive ketones (excluding diaryl/α,β-unsaturated/α-hetero) is 1. The molecule has 1 aliphatic heterocycles. The van der Waals surface area contributed by atoms with E-state index in [0.29, 0.717) is 35.5 Å². The van der Waals surface area contributed by atoms with Gasteiger partial charge < -0.3 is 19.9 Å². The number of nitrogens with zero attached hydrogens (tertiary/aromatic N) is 1. The molecule has 1 aromatic rings. The van der Waals surface area contributed by atoms with E-state index >= 15 is 0 Å². The van der Waals surface area contributed by atoms with Gasteiger partial charge in [-0.3, -0.25) is 4.79 Å². The van der Waals surface area contributed by atoms with Crippen molar-refractivity contribution in [2.45, 2.75) is 32.6 Å². The van der Waals surface area contributed by atoms with Gasteiger partial charge in [-0.05, 0) is 11.5 Å². The number of carbonyl (C=O) groups is 2. The van der Waals surface area contributed by atoms with E-state index < -0.39 is 11.9 Å². The van der Waals surface area contributed by atoms with E-state index in [4.69, 9.17) is 25.2 Å². The molecule has 146 valence electrons. The van der Waals surface area contributed by atoms with Gasteiger partial charge in [-0.15, -0.1) is 0 Å². The van der Waals surface area contributed by atoms with E-state index in [0.717, 1.165) is 0 Å². The molecular formula is C21H22N2O5. The summed E-state index contributed by atoms with van der Waals surface area (Å²) in [6.45, 7) is 3.79. The molecule has 0 saturated carbocycles. The number of nitrogens with two attached hydrogens (primary N) is 1. The van der Waals surface area contributed by atoms with Crippen molar-refractivity contribution in [1.82, 2.24) is 0 Å². The Bertz CT molecular complexity index is 936. The number of nitriles is 1. The number of para-hydroxylation sites is 1. The molecule has 1 aliphatic carbocycles. The van der Waals surface area contributed by atoms with Crippen LogP contribution in [0.4, 0.5) is 0 Å². The molecule has 0 fully saturated rings. The predicted octanol–water partition coefficient (Wildman–Crippen LogP) is 2.69. The van der Waals surface area contributed by atoms with Crippen molar-refractivity contribution in [2.24, 2.45) is 11.1 Å². The van der Waals surface area contributed by atoms with Crippen LogP contribution in [0, 0.1) is 16.7 Å². The molecule has 0 unspecified atom stereocenters. The summed E-state index contributed by atoms with van der Waals surface area (Å²) < 4.78 is 16.2. The van der Waals surface area contributed by atoms with Gasteiger partial charge in [-0.1, -0.05) is 32.0 Å². The van der Waals surface area contributed by atoms with Crippen molar-refractivity contribution in [3.63, 3.8) is 0 Å². The maximum absolute atomic E-state index is 13.1. The maximum Gasteiger partial charge on any atom is 0.340 e. The van der Waals surface area contributed by atoms with Crippen LogP contribution in [0.15, 0.2) is 47.1 Å². The highest BCUT2D eigenvalue weighted by molar-refractivity contribution is 6.03. The van der Waals surface area contributed by atoms with Crippen molar-refractivity contribution >= 4 is 11.8 Å². The monoisotopic (exact) mass is 382 g/mol. The van der Waals surface area contributed by atoms with Gasteiger partial charge in [0.1, 0.15) is 23.2 Å². The van der Waals surface area contributed by atoms with Crippen LogP contribution in [0.2, 0.25) is 0 Å². The number of allylic oxidation sites excluding steroid dienone is 2. The third-order valence-corrected chi connectivity index (χ3v) is 4.88. The van der Waals surface area contributed by atoms with Crippen LogP contribution in [0.3, 0.4) is 0 Å². The normalized spacial score (nSPS) is 20.8. The molecule has 3 rings (SSSR count). The summed E-state index contributed by atoms with van der Waals surface area (Å²) in [6.07, 6.45) is 0.836. The highest BCUT2D eigenvalue weighted by Crippen LogP contribution is 2.49. The molecule has 0 radical (unpaired) electrons. The van der Waals surface area contributed by atoms with E-state index in [1.807, 2.05) is 19.9 Å². The molecule has 0 saturated heterocycles. The second-order valence-electron chi connectivity index (χ2n) is 7.57. The van der Waals surface area contributed by atoms with Crippen molar-refractivity contribution in [3.05, 3.63) is 52.6 Å². The average Bonchev–Trinajstić information content (AvgIpc) is 2.64. The van der Waals surface area contributed by atoms with Gasteiger partial charge in [0, 0.05) is 24.0 Å². The molecule has 7 heteroatoms. The first-order valence-electron chi connectivity index (χ1n) is 8.90. The van der Waals surface area contributed by atoms with Crippen LogP contribution < -0.4 is 10.5 Å². The predicted molar refractivity (Wildman–Crippen MR) is 99.7 cm³/mol. The number of methoxy groups -OCH3 is 1. The Morgan fingerprint density at radius 3 is 2.75 bits per heavy atom. The Labute approximate surface area is 163 Å². The maximum atomic E-state index is 13.1. The summed E-state index contributed by atoms with van der Waals surface area (Å²) in [5, 5.41) is 8.87. The number of benzene rings is 1. The summed E-state index contributed by atoms with van der Waals surface area (Å²) in [4.78, 5) is 25.6. The first kappa shape index (κ1) is 19.5. The molecule has 1 aromatic carbocycles. The van der Waals surface area contributed by atoms with Gasteiger partial charge in [0.2, 0.25) is 5.88 Å². The lowest BCUT2D eigenvalue weighted by atomic mass is 9.70. The number of esters is 1. The van der Waals surface area contributed by atoms with Gasteiger partial charge >= 0.3 is 5.97 Å². The first-order valence-corrected chi connectivity index (χ1v) is 8.90. The molecular weight excluding hydrogens is 360 g/mol. The van der Waals surface area contributed by atoms with Crippen molar-refractivity contribution in [3.8, 4) is 11.8 Å². The smallest absolute Gasteiger partial charge is 0.340 e. The van der Waals surface area contributed by atoms with E-state index in [1.165, 1.54) is 7.11 Å². The summed E-state index contributed by atoms with van der Waals surface area (Å²) in [5.74, 6) is -0.797. The molecule has 1 atom stereocenters. The Balaban J connectivity index is 2.22. The molecule has 7 nitrogen and oxygen atoms in total. The second kappa shape index (κ2) is 7.39. The molecule has 1 heterocycles. The number of carbonyl (C=O) groups excluding carboxylic acids is 2. The van der Waals surface area contributed by atoms with Crippen molar-refractivity contribution in [2.75, 3.05) is 13.7 Å². The lowest BCUT2D eigenvalue weighted by Crippen LogP contribution is -2.35. The zero-order valence-corrected chi connectivity index (χ0v) is 16.1. The fourth-order valence-corrected chi connectivity index (χ4v) is 3.76. The van der Waals surface area contributed by atoms with Crippen LogP contribution >= 0.6 is 0 Å². The lowest BCUT2D eigenvalue weighted by molar-refractivity contribution is -0.136. The minimum Gasteiger partial charge on any atom is -0.478 e. The Kier molecular flexibility index (Phi) is 5.14.